The van der Waals surface area contributed by atoms with Crippen molar-refractivity contribution in [2.45, 2.75) is 5.91 Å². The van der Waals surface area contributed by atoms with Crippen molar-refractivity contribution in [3.8, 4) is 0 Å². The maximum atomic E-state index is 10.00. The summed E-state index contributed by atoms with van der Waals surface area (Å²) in [5.74, 6) is -1.84. The van der Waals surface area contributed by atoms with Crippen LogP contribution >= 0.6 is 0 Å². The maximum Gasteiger partial charge on any atom is 0.293 e. The number of nitrogens with one attached hydrogen (secondary N) is 1. The minimum atomic E-state index is -1.84. The van der Waals surface area contributed by atoms with Crippen molar-refractivity contribution in [3.63, 3.8) is 0 Å². The lowest BCUT2D eigenvalue weighted by molar-refractivity contribution is -0.113. The topological polar surface area (TPSA) is 87.7 Å². The highest BCUT2D eigenvalue weighted by molar-refractivity contribution is 5.73. The molecule has 2 rings (SSSR count). The van der Waals surface area contributed by atoms with Crippen molar-refractivity contribution in [3.05, 3.63) is 53.9 Å². The first-order chi connectivity index (χ1) is 8.63. The van der Waals surface area contributed by atoms with E-state index in [1.807, 2.05) is 30.3 Å². The number of aliphatic hydroxyl groups is 2. The first kappa shape index (κ1) is 12.6. The Morgan fingerprint density at radius 3 is 2.67 bits per heavy atom. The molecule has 1 aliphatic rings. The van der Waals surface area contributed by atoms with Crippen LogP contribution in [-0.4, -0.2) is 29.3 Å². The standard InChI is InChI=1S/C13H16N2O3/c14-13(17)12(10-4-2-1-3-5-10)8-11(9-18-13)15-6-7-16/h1-5,8-9,15-17H,6-7,14H2. The van der Waals surface area contributed by atoms with Gasteiger partial charge in [0, 0.05) is 12.1 Å². The molecule has 0 bridgehead atoms. The molecule has 1 unspecified atom stereocenters. The number of benzene rings is 1. The SMILES string of the molecule is NC1(O)OC=C(NCCO)C=C1c1ccccc1. The fourth-order valence-corrected chi connectivity index (χ4v) is 1.71. The van der Waals surface area contributed by atoms with Crippen LogP contribution in [0.4, 0.5) is 0 Å². The molecular weight excluding hydrogens is 232 g/mol. The quantitative estimate of drug-likeness (QED) is 0.569. The molecule has 96 valence electrons. The van der Waals surface area contributed by atoms with E-state index in [9.17, 15) is 5.11 Å². The van der Waals surface area contributed by atoms with E-state index in [0.29, 0.717) is 17.8 Å². The highest BCUT2D eigenvalue weighted by Crippen LogP contribution is 2.29. The van der Waals surface area contributed by atoms with Crippen LogP contribution in [-0.2, 0) is 4.74 Å². The van der Waals surface area contributed by atoms with Gasteiger partial charge in [0.2, 0.25) is 0 Å². The third-order valence-electron chi connectivity index (χ3n) is 2.58. The smallest absolute Gasteiger partial charge is 0.293 e. The molecule has 5 heteroatoms. The van der Waals surface area contributed by atoms with Crippen molar-refractivity contribution in [1.82, 2.24) is 5.32 Å². The molecule has 0 saturated carbocycles. The van der Waals surface area contributed by atoms with Gasteiger partial charge in [-0.1, -0.05) is 30.3 Å². The number of ether oxygens (including phenoxy) is 1. The summed E-state index contributed by atoms with van der Waals surface area (Å²) in [6, 6.07) is 9.25. The van der Waals surface area contributed by atoms with Crippen LogP contribution in [0.1, 0.15) is 5.56 Å². The van der Waals surface area contributed by atoms with E-state index in [0.717, 1.165) is 5.56 Å². The van der Waals surface area contributed by atoms with Crippen LogP contribution in [0.3, 0.4) is 0 Å². The number of hydrogen-bond acceptors (Lipinski definition) is 5. The Kier molecular flexibility index (Phi) is 3.66. The van der Waals surface area contributed by atoms with Crippen molar-refractivity contribution in [1.29, 1.82) is 0 Å². The van der Waals surface area contributed by atoms with E-state index >= 15 is 0 Å². The Bertz CT molecular complexity index is 466. The number of rotatable bonds is 4. The minimum Gasteiger partial charge on any atom is -0.451 e. The third-order valence-corrected chi connectivity index (χ3v) is 2.58. The van der Waals surface area contributed by atoms with Crippen LogP contribution < -0.4 is 11.1 Å². The second-order valence-electron chi connectivity index (χ2n) is 3.96. The molecule has 1 atom stereocenters. The zero-order valence-corrected chi connectivity index (χ0v) is 9.84. The predicted octanol–water partition coefficient (Wildman–Crippen LogP) is 0.128. The van der Waals surface area contributed by atoms with Crippen LogP contribution in [0.2, 0.25) is 0 Å². The van der Waals surface area contributed by atoms with Crippen molar-refractivity contribution >= 4 is 5.57 Å². The van der Waals surface area contributed by atoms with Gasteiger partial charge in [-0.05, 0) is 11.6 Å². The fourth-order valence-electron chi connectivity index (χ4n) is 1.71. The van der Waals surface area contributed by atoms with Gasteiger partial charge in [0.15, 0.2) is 0 Å². The maximum absolute atomic E-state index is 10.00. The molecule has 18 heavy (non-hydrogen) atoms. The van der Waals surface area contributed by atoms with Gasteiger partial charge in [-0.25, -0.2) is 0 Å². The number of aliphatic hydroxyl groups excluding tert-OH is 1. The number of allylic oxidation sites excluding steroid dienone is 1. The molecule has 1 heterocycles. The Labute approximate surface area is 105 Å². The van der Waals surface area contributed by atoms with Gasteiger partial charge < -0.3 is 20.3 Å². The van der Waals surface area contributed by atoms with Crippen molar-refractivity contribution in [2.75, 3.05) is 13.2 Å². The molecule has 1 aromatic rings. The van der Waals surface area contributed by atoms with Crippen LogP contribution in [0.15, 0.2) is 48.4 Å². The van der Waals surface area contributed by atoms with Crippen molar-refractivity contribution in [2.24, 2.45) is 5.73 Å². The van der Waals surface area contributed by atoms with E-state index in [4.69, 9.17) is 15.6 Å². The second kappa shape index (κ2) is 5.22. The average molecular weight is 248 g/mol. The first-order valence-corrected chi connectivity index (χ1v) is 5.65. The van der Waals surface area contributed by atoms with E-state index < -0.39 is 5.91 Å². The molecule has 5 N–H and O–H groups in total. The van der Waals surface area contributed by atoms with Crippen LogP contribution in [0, 0.1) is 0 Å². The molecule has 0 aliphatic carbocycles. The summed E-state index contributed by atoms with van der Waals surface area (Å²) < 4.78 is 5.10. The van der Waals surface area contributed by atoms with Gasteiger partial charge in [-0.2, -0.15) is 0 Å². The minimum absolute atomic E-state index is 0.0126. The van der Waals surface area contributed by atoms with E-state index in [1.165, 1.54) is 6.26 Å². The van der Waals surface area contributed by atoms with Gasteiger partial charge in [-0.3, -0.25) is 5.73 Å². The molecule has 0 spiro atoms. The highest BCUT2D eigenvalue weighted by Gasteiger charge is 2.32. The Morgan fingerprint density at radius 2 is 2.00 bits per heavy atom. The molecule has 1 aliphatic heterocycles. The largest absolute Gasteiger partial charge is 0.451 e. The molecule has 5 nitrogen and oxygen atoms in total. The zero-order chi connectivity index (χ0) is 13.0. The van der Waals surface area contributed by atoms with Crippen molar-refractivity contribution < 1.29 is 14.9 Å². The fraction of sp³-hybridized carbons (Fsp3) is 0.231. The summed E-state index contributed by atoms with van der Waals surface area (Å²) in [6.07, 6.45) is 3.04. The summed E-state index contributed by atoms with van der Waals surface area (Å²) in [4.78, 5) is 0. The summed E-state index contributed by atoms with van der Waals surface area (Å²) >= 11 is 0. The highest BCUT2D eigenvalue weighted by atomic mass is 16.6. The summed E-state index contributed by atoms with van der Waals surface area (Å²) in [7, 11) is 0. The molecule has 0 radical (unpaired) electrons. The van der Waals surface area contributed by atoms with Gasteiger partial charge in [0.25, 0.3) is 5.91 Å². The second-order valence-corrected chi connectivity index (χ2v) is 3.96. The van der Waals surface area contributed by atoms with E-state index in [-0.39, 0.29) is 6.61 Å². The molecular formula is C13H16N2O3. The Hall–Kier alpha value is -1.82. The molecule has 0 fully saturated rings. The molecule has 0 amide bonds. The summed E-state index contributed by atoms with van der Waals surface area (Å²) in [5.41, 5.74) is 7.58. The number of nitrogens with two attached hydrogens (primary N) is 1. The van der Waals surface area contributed by atoms with E-state index in [1.54, 1.807) is 6.08 Å². The van der Waals surface area contributed by atoms with Crippen LogP contribution in [0.5, 0.6) is 0 Å². The molecule has 1 aromatic carbocycles. The van der Waals surface area contributed by atoms with Gasteiger partial charge in [-0.15, -0.1) is 0 Å². The lowest BCUT2D eigenvalue weighted by Crippen LogP contribution is -2.44. The third kappa shape index (κ3) is 2.70. The van der Waals surface area contributed by atoms with Crippen LogP contribution in [0.25, 0.3) is 5.57 Å². The number of hydrogen-bond donors (Lipinski definition) is 4. The Balaban J connectivity index is 2.29. The zero-order valence-electron chi connectivity index (χ0n) is 9.84. The van der Waals surface area contributed by atoms with Gasteiger partial charge >= 0.3 is 0 Å². The summed E-state index contributed by atoms with van der Waals surface area (Å²) in [6.45, 7) is 0.412. The van der Waals surface area contributed by atoms with Gasteiger partial charge in [0.1, 0.15) is 6.26 Å². The van der Waals surface area contributed by atoms with Gasteiger partial charge in [0.05, 0.1) is 12.3 Å². The predicted molar refractivity (Wildman–Crippen MR) is 67.8 cm³/mol. The lowest BCUT2D eigenvalue weighted by atomic mass is 10.0. The molecule has 0 aromatic heterocycles. The normalized spacial score (nSPS) is 22.8. The first-order valence-electron chi connectivity index (χ1n) is 5.65. The monoisotopic (exact) mass is 248 g/mol. The molecule has 0 saturated heterocycles. The summed E-state index contributed by atoms with van der Waals surface area (Å²) in [5, 5.41) is 21.7. The Morgan fingerprint density at radius 1 is 1.28 bits per heavy atom. The van der Waals surface area contributed by atoms with E-state index in [2.05, 4.69) is 5.32 Å². The lowest BCUT2D eigenvalue weighted by Gasteiger charge is -2.29. The average Bonchev–Trinajstić information content (AvgIpc) is 2.38.